The molecule has 3 nitrogen and oxygen atoms in total. The second kappa shape index (κ2) is 6.31. The number of carbonyl (C=O) groups is 2. The maximum atomic E-state index is 12.2. The Morgan fingerprint density at radius 1 is 1.40 bits per heavy atom. The highest BCUT2D eigenvalue weighted by Gasteiger charge is 2.44. The molecule has 0 spiro atoms. The molecule has 110 valence electrons. The van der Waals surface area contributed by atoms with E-state index in [9.17, 15) is 9.59 Å². The molecule has 1 aromatic rings. The Bertz CT molecular complexity index is 515. The Balaban J connectivity index is 1.80. The van der Waals surface area contributed by atoms with Gasteiger partial charge in [0.15, 0.2) is 5.78 Å². The van der Waals surface area contributed by atoms with Gasteiger partial charge < -0.3 is 4.74 Å². The summed E-state index contributed by atoms with van der Waals surface area (Å²) in [5.41, 5.74) is 0.954. The van der Waals surface area contributed by atoms with E-state index in [2.05, 4.69) is 0 Å². The highest BCUT2D eigenvalue weighted by Crippen LogP contribution is 2.51. The third kappa shape index (κ3) is 3.85. The molecule has 0 N–H and O–H groups in total. The van der Waals surface area contributed by atoms with Gasteiger partial charge in [0.25, 0.3) is 0 Å². The third-order valence-electron chi connectivity index (χ3n) is 3.69. The van der Waals surface area contributed by atoms with Crippen LogP contribution < -0.4 is 0 Å². The second-order valence-corrected chi connectivity index (χ2v) is 7.94. The van der Waals surface area contributed by atoms with E-state index >= 15 is 0 Å². The van der Waals surface area contributed by atoms with Gasteiger partial charge in [-0.3, -0.25) is 9.59 Å². The van der Waals surface area contributed by atoms with Crippen molar-refractivity contribution in [2.24, 2.45) is 5.41 Å². The maximum Gasteiger partial charge on any atom is 0.306 e. The summed E-state index contributed by atoms with van der Waals surface area (Å²) in [5, 5.41) is 0. The standard InChI is InChI=1S/C15H20O3S2/c1-10-6-12(11(2)20-10)13(16)8-19-9-15(4-5-15)7-14(17)18-3/h6H,4-5,7-9H2,1-3H3. The van der Waals surface area contributed by atoms with Crippen molar-refractivity contribution in [3.8, 4) is 0 Å². The van der Waals surface area contributed by atoms with Crippen LogP contribution in [0.25, 0.3) is 0 Å². The predicted octanol–water partition coefficient (Wildman–Crippen LogP) is 3.62. The highest BCUT2D eigenvalue weighted by molar-refractivity contribution is 8.00. The monoisotopic (exact) mass is 312 g/mol. The summed E-state index contributed by atoms with van der Waals surface area (Å²) in [6, 6.07) is 1.98. The summed E-state index contributed by atoms with van der Waals surface area (Å²) in [5.74, 6) is 1.43. The molecular formula is C15H20O3S2. The van der Waals surface area contributed by atoms with Gasteiger partial charge >= 0.3 is 5.97 Å². The van der Waals surface area contributed by atoms with Crippen molar-refractivity contribution < 1.29 is 14.3 Å². The highest BCUT2D eigenvalue weighted by atomic mass is 32.2. The van der Waals surface area contributed by atoms with Gasteiger partial charge in [0, 0.05) is 15.3 Å². The number of Topliss-reactive ketones (excluding diaryl/α,β-unsaturated/α-hetero) is 1. The smallest absolute Gasteiger partial charge is 0.306 e. The Morgan fingerprint density at radius 2 is 2.10 bits per heavy atom. The van der Waals surface area contributed by atoms with Crippen LogP contribution >= 0.6 is 23.1 Å². The third-order valence-corrected chi connectivity index (χ3v) is 5.94. The molecule has 0 amide bonds. The first-order valence-electron chi connectivity index (χ1n) is 6.70. The lowest BCUT2D eigenvalue weighted by Crippen LogP contribution is -2.14. The van der Waals surface area contributed by atoms with Crippen molar-refractivity contribution in [3.05, 3.63) is 21.4 Å². The number of esters is 1. The lowest BCUT2D eigenvalue weighted by Gasteiger charge is -2.12. The number of methoxy groups -OCH3 is 1. The van der Waals surface area contributed by atoms with Crippen LogP contribution in [0.4, 0.5) is 0 Å². The molecule has 0 aliphatic heterocycles. The Hall–Kier alpha value is -0.810. The normalized spacial score (nSPS) is 15.9. The SMILES string of the molecule is COC(=O)CC1(CSCC(=O)c2cc(C)sc2C)CC1. The van der Waals surface area contributed by atoms with E-state index in [1.54, 1.807) is 23.1 Å². The van der Waals surface area contributed by atoms with Crippen molar-refractivity contribution >= 4 is 34.9 Å². The van der Waals surface area contributed by atoms with E-state index in [-0.39, 0.29) is 17.2 Å². The molecular weight excluding hydrogens is 292 g/mol. The van der Waals surface area contributed by atoms with Gasteiger partial charge in [0.2, 0.25) is 0 Å². The lowest BCUT2D eigenvalue weighted by molar-refractivity contribution is -0.141. The van der Waals surface area contributed by atoms with Gasteiger partial charge in [-0.2, -0.15) is 11.8 Å². The first kappa shape index (κ1) is 15.6. The van der Waals surface area contributed by atoms with E-state index in [0.29, 0.717) is 12.2 Å². The van der Waals surface area contributed by atoms with E-state index in [0.717, 1.165) is 29.0 Å². The van der Waals surface area contributed by atoms with Crippen molar-refractivity contribution in [3.63, 3.8) is 0 Å². The average molecular weight is 312 g/mol. The van der Waals surface area contributed by atoms with E-state index < -0.39 is 0 Å². The molecule has 1 aliphatic carbocycles. The van der Waals surface area contributed by atoms with Crippen LogP contribution in [-0.2, 0) is 9.53 Å². The molecule has 20 heavy (non-hydrogen) atoms. The van der Waals surface area contributed by atoms with Crippen LogP contribution in [0.3, 0.4) is 0 Å². The molecule has 1 saturated carbocycles. The fourth-order valence-electron chi connectivity index (χ4n) is 2.27. The summed E-state index contributed by atoms with van der Waals surface area (Å²) in [7, 11) is 1.43. The zero-order valence-electron chi connectivity index (χ0n) is 12.2. The predicted molar refractivity (Wildman–Crippen MR) is 83.7 cm³/mol. The van der Waals surface area contributed by atoms with Gasteiger partial charge in [-0.15, -0.1) is 11.3 Å². The van der Waals surface area contributed by atoms with Gasteiger partial charge in [-0.25, -0.2) is 0 Å². The number of thiophene rings is 1. The number of hydrogen-bond donors (Lipinski definition) is 0. The number of hydrogen-bond acceptors (Lipinski definition) is 5. The molecule has 0 unspecified atom stereocenters. The number of ketones is 1. The first-order chi connectivity index (χ1) is 9.46. The molecule has 0 bridgehead atoms. The van der Waals surface area contributed by atoms with E-state index in [4.69, 9.17) is 4.74 Å². The van der Waals surface area contributed by atoms with Crippen molar-refractivity contribution in [1.82, 2.24) is 0 Å². The maximum absolute atomic E-state index is 12.2. The number of ether oxygens (including phenoxy) is 1. The summed E-state index contributed by atoms with van der Waals surface area (Å²) in [6.07, 6.45) is 2.63. The summed E-state index contributed by atoms with van der Waals surface area (Å²) in [4.78, 5) is 25.8. The van der Waals surface area contributed by atoms with Crippen LogP contribution in [0.2, 0.25) is 0 Å². The largest absolute Gasteiger partial charge is 0.469 e. The molecule has 1 aliphatic rings. The minimum Gasteiger partial charge on any atom is -0.469 e. The summed E-state index contributed by atoms with van der Waals surface area (Å²) >= 11 is 3.31. The first-order valence-corrected chi connectivity index (χ1v) is 8.68. The number of carbonyl (C=O) groups excluding carboxylic acids is 2. The minimum atomic E-state index is -0.140. The molecule has 2 rings (SSSR count). The average Bonchev–Trinajstić information content (AvgIpc) is 3.06. The van der Waals surface area contributed by atoms with Crippen molar-refractivity contribution in [2.75, 3.05) is 18.6 Å². The Kier molecular flexibility index (Phi) is 4.91. The fraction of sp³-hybridized carbons (Fsp3) is 0.600. The van der Waals surface area contributed by atoms with E-state index in [1.807, 2.05) is 19.9 Å². The van der Waals surface area contributed by atoms with Gasteiger partial charge in [-0.1, -0.05) is 0 Å². The molecule has 0 radical (unpaired) electrons. The number of rotatable bonds is 7. The zero-order chi connectivity index (χ0) is 14.8. The Morgan fingerprint density at radius 3 is 2.60 bits per heavy atom. The van der Waals surface area contributed by atoms with Gasteiger partial charge in [0.05, 0.1) is 19.3 Å². The molecule has 0 atom stereocenters. The van der Waals surface area contributed by atoms with Crippen LogP contribution in [-0.4, -0.2) is 30.4 Å². The van der Waals surface area contributed by atoms with Gasteiger partial charge in [0.1, 0.15) is 0 Å². The lowest BCUT2D eigenvalue weighted by atomic mass is 10.1. The Labute approximate surface area is 128 Å². The minimum absolute atomic E-state index is 0.0949. The van der Waals surface area contributed by atoms with Crippen LogP contribution in [0.15, 0.2) is 6.07 Å². The molecule has 0 saturated heterocycles. The number of thioether (sulfide) groups is 1. The van der Waals surface area contributed by atoms with E-state index in [1.165, 1.54) is 12.0 Å². The number of aryl methyl sites for hydroxylation is 2. The van der Waals surface area contributed by atoms with Crippen LogP contribution in [0, 0.1) is 19.3 Å². The van der Waals surface area contributed by atoms with Crippen LogP contribution in [0.5, 0.6) is 0 Å². The summed E-state index contributed by atoms with van der Waals surface area (Å²) < 4.78 is 4.73. The summed E-state index contributed by atoms with van der Waals surface area (Å²) in [6.45, 7) is 4.02. The topological polar surface area (TPSA) is 43.4 Å². The zero-order valence-corrected chi connectivity index (χ0v) is 13.8. The fourth-order valence-corrected chi connectivity index (χ4v) is 4.48. The molecule has 0 aromatic carbocycles. The van der Waals surface area contributed by atoms with Gasteiger partial charge in [-0.05, 0) is 43.9 Å². The van der Waals surface area contributed by atoms with Crippen molar-refractivity contribution in [2.45, 2.75) is 33.1 Å². The molecule has 1 heterocycles. The molecule has 5 heteroatoms. The quantitative estimate of drug-likeness (QED) is 0.570. The molecule has 1 fully saturated rings. The van der Waals surface area contributed by atoms with Crippen LogP contribution in [0.1, 0.15) is 39.4 Å². The molecule has 1 aromatic heterocycles. The van der Waals surface area contributed by atoms with Crippen molar-refractivity contribution in [1.29, 1.82) is 0 Å². The second-order valence-electron chi connectivity index (χ2n) is 5.50.